The molecule has 0 bridgehead atoms. The molecule has 0 aliphatic rings. The third kappa shape index (κ3) is 2.85. The molecular weight excluding hydrogens is 337 g/mol. The first-order valence-electron chi connectivity index (χ1n) is 6.79. The van der Waals surface area contributed by atoms with Crippen LogP contribution in [0.5, 0.6) is 5.75 Å². The van der Waals surface area contributed by atoms with Crippen molar-refractivity contribution in [3.8, 4) is 5.75 Å². The number of amides is 1. The summed E-state index contributed by atoms with van der Waals surface area (Å²) in [5.74, 6) is 0.284. The van der Waals surface area contributed by atoms with Crippen LogP contribution in [0.1, 0.15) is 16.2 Å². The molecule has 1 N–H and O–H groups in total. The standard InChI is InChI=1S/C16H13Cl2N3O2/c1-9-14(21-7-3-4-13(23-2)15(21)19-9)16(22)20-12-6-5-10(17)8-11(12)18/h3-8H,1-2H3,(H,20,22). The zero-order valence-corrected chi connectivity index (χ0v) is 13.9. The summed E-state index contributed by atoms with van der Waals surface area (Å²) in [6, 6.07) is 8.47. The average molecular weight is 350 g/mol. The van der Waals surface area contributed by atoms with Gasteiger partial charge in [0.25, 0.3) is 5.91 Å². The van der Waals surface area contributed by atoms with Crippen molar-refractivity contribution in [1.29, 1.82) is 0 Å². The van der Waals surface area contributed by atoms with Crippen molar-refractivity contribution in [1.82, 2.24) is 9.38 Å². The van der Waals surface area contributed by atoms with E-state index in [0.717, 1.165) is 0 Å². The summed E-state index contributed by atoms with van der Waals surface area (Å²) < 4.78 is 6.96. The highest BCUT2D eigenvalue weighted by Gasteiger charge is 2.19. The fourth-order valence-corrected chi connectivity index (χ4v) is 2.82. The normalized spacial score (nSPS) is 10.8. The number of ether oxygens (including phenoxy) is 1. The van der Waals surface area contributed by atoms with Gasteiger partial charge in [0.05, 0.1) is 23.5 Å². The molecule has 7 heteroatoms. The molecule has 2 heterocycles. The molecule has 5 nitrogen and oxygen atoms in total. The second-order valence-corrected chi connectivity index (χ2v) is 5.74. The summed E-state index contributed by atoms with van der Waals surface area (Å²) in [4.78, 5) is 17.0. The van der Waals surface area contributed by atoms with Crippen molar-refractivity contribution in [3.05, 3.63) is 58.0 Å². The number of hydrogen-bond acceptors (Lipinski definition) is 3. The number of carbonyl (C=O) groups is 1. The maximum atomic E-state index is 12.6. The molecule has 0 aliphatic heterocycles. The van der Waals surface area contributed by atoms with Crippen molar-refractivity contribution in [2.75, 3.05) is 12.4 Å². The Kier molecular flexibility index (Phi) is 4.15. The SMILES string of the molecule is COc1cccn2c(C(=O)Nc3ccc(Cl)cc3Cl)c(C)nc12. The van der Waals surface area contributed by atoms with Crippen molar-refractivity contribution >= 4 is 40.4 Å². The molecule has 3 rings (SSSR count). The molecule has 0 spiro atoms. The Morgan fingerprint density at radius 1 is 1.30 bits per heavy atom. The lowest BCUT2D eigenvalue weighted by Crippen LogP contribution is -2.15. The zero-order valence-electron chi connectivity index (χ0n) is 12.4. The van der Waals surface area contributed by atoms with Crippen LogP contribution in [0.25, 0.3) is 5.65 Å². The van der Waals surface area contributed by atoms with Crippen molar-refractivity contribution < 1.29 is 9.53 Å². The summed E-state index contributed by atoms with van der Waals surface area (Å²) in [6.45, 7) is 1.77. The van der Waals surface area contributed by atoms with Crippen LogP contribution in [0.3, 0.4) is 0 Å². The average Bonchev–Trinajstić information content (AvgIpc) is 2.85. The summed E-state index contributed by atoms with van der Waals surface area (Å²) >= 11 is 12.0. The molecule has 3 aromatic rings. The summed E-state index contributed by atoms with van der Waals surface area (Å²) in [7, 11) is 1.56. The van der Waals surface area contributed by atoms with Crippen molar-refractivity contribution in [2.24, 2.45) is 0 Å². The number of halogens is 2. The highest BCUT2D eigenvalue weighted by Crippen LogP contribution is 2.27. The monoisotopic (exact) mass is 349 g/mol. The minimum Gasteiger partial charge on any atom is -0.493 e. The largest absolute Gasteiger partial charge is 0.493 e. The molecule has 0 saturated heterocycles. The molecule has 0 atom stereocenters. The Labute approximate surface area is 142 Å². The molecule has 1 amide bonds. The number of hydrogen-bond donors (Lipinski definition) is 1. The van der Waals surface area contributed by atoms with Gasteiger partial charge in [-0.3, -0.25) is 9.20 Å². The van der Waals surface area contributed by atoms with Gasteiger partial charge in [0.2, 0.25) is 0 Å². The zero-order chi connectivity index (χ0) is 16.6. The van der Waals surface area contributed by atoms with E-state index >= 15 is 0 Å². The minimum atomic E-state index is -0.313. The predicted octanol–water partition coefficient (Wildman–Crippen LogP) is 4.21. The molecule has 0 saturated carbocycles. The van der Waals surface area contributed by atoms with Gasteiger partial charge in [-0.05, 0) is 37.3 Å². The number of carbonyl (C=O) groups excluding carboxylic acids is 1. The predicted molar refractivity (Wildman–Crippen MR) is 90.9 cm³/mol. The van der Waals surface area contributed by atoms with E-state index in [-0.39, 0.29) is 5.91 Å². The third-order valence-electron chi connectivity index (χ3n) is 3.40. The third-order valence-corrected chi connectivity index (χ3v) is 3.95. The maximum absolute atomic E-state index is 12.6. The number of methoxy groups -OCH3 is 1. The van der Waals surface area contributed by atoms with Crippen LogP contribution >= 0.6 is 23.2 Å². The lowest BCUT2D eigenvalue weighted by molar-refractivity contribution is 0.102. The number of imidazole rings is 1. The van der Waals surface area contributed by atoms with E-state index in [0.29, 0.717) is 38.5 Å². The maximum Gasteiger partial charge on any atom is 0.274 e. The van der Waals surface area contributed by atoms with E-state index < -0.39 is 0 Å². The Balaban J connectivity index is 2.03. The van der Waals surface area contributed by atoms with E-state index in [1.807, 2.05) is 0 Å². The Morgan fingerprint density at radius 2 is 2.09 bits per heavy atom. The topological polar surface area (TPSA) is 55.6 Å². The van der Waals surface area contributed by atoms with E-state index in [1.165, 1.54) is 0 Å². The Bertz CT molecular complexity index is 906. The molecular formula is C16H13Cl2N3O2. The first kappa shape index (κ1) is 15.6. The van der Waals surface area contributed by atoms with Gasteiger partial charge in [-0.1, -0.05) is 23.2 Å². The van der Waals surface area contributed by atoms with Gasteiger partial charge in [0.1, 0.15) is 5.69 Å². The number of nitrogens with one attached hydrogen (secondary N) is 1. The summed E-state index contributed by atoms with van der Waals surface area (Å²) in [5, 5.41) is 3.65. The highest BCUT2D eigenvalue weighted by molar-refractivity contribution is 6.36. The quantitative estimate of drug-likeness (QED) is 0.770. The fourth-order valence-electron chi connectivity index (χ4n) is 2.36. The van der Waals surface area contributed by atoms with Gasteiger partial charge in [-0.15, -0.1) is 0 Å². The van der Waals surface area contributed by atoms with Gasteiger partial charge in [-0.2, -0.15) is 0 Å². The van der Waals surface area contributed by atoms with E-state index in [4.69, 9.17) is 27.9 Å². The van der Waals surface area contributed by atoms with Crippen LogP contribution in [0.15, 0.2) is 36.5 Å². The fraction of sp³-hybridized carbons (Fsp3) is 0.125. The Hall–Kier alpha value is -2.24. The van der Waals surface area contributed by atoms with E-state index in [9.17, 15) is 4.79 Å². The highest BCUT2D eigenvalue weighted by atomic mass is 35.5. The van der Waals surface area contributed by atoms with Gasteiger partial charge in [0, 0.05) is 11.2 Å². The first-order valence-corrected chi connectivity index (χ1v) is 7.55. The lowest BCUT2D eigenvalue weighted by Gasteiger charge is -2.08. The molecule has 23 heavy (non-hydrogen) atoms. The number of fused-ring (bicyclic) bond motifs is 1. The van der Waals surface area contributed by atoms with Gasteiger partial charge in [0.15, 0.2) is 11.4 Å². The number of benzene rings is 1. The minimum absolute atomic E-state index is 0.313. The van der Waals surface area contributed by atoms with Crippen LogP contribution in [0, 0.1) is 6.92 Å². The van der Waals surface area contributed by atoms with Crippen molar-refractivity contribution in [2.45, 2.75) is 6.92 Å². The second kappa shape index (κ2) is 6.10. The van der Waals surface area contributed by atoms with Crippen LogP contribution < -0.4 is 10.1 Å². The molecule has 0 aliphatic carbocycles. The summed E-state index contributed by atoms with van der Waals surface area (Å²) in [5.41, 5.74) is 2.08. The van der Waals surface area contributed by atoms with Gasteiger partial charge in [-0.25, -0.2) is 4.98 Å². The van der Waals surface area contributed by atoms with Crippen LogP contribution in [0.2, 0.25) is 10.0 Å². The van der Waals surface area contributed by atoms with Crippen LogP contribution in [-0.2, 0) is 0 Å². The molecule has 2 aromatic heterocycles. The molecule has 0 unspecified atom stereocenters. The van der Waals surface area contributed by atoms with E-state index in [2.05, 4.69) is 10.3 Å². The molecule has 118 valence electrons. The van der Waals surface area contributed by atoms with Crippen LogP contribution in [0.4, 0.5) is 5.69 Å². The first-order chi connectivity index (χ1) is 11.0. The van der Waals surface area contributed by atoms with Crippen molar-refractivity contribution in [3.63, 3.8) is 0 Å². The second-order valence-electron chi connectivity index (χ2n) is 4.89. The number of nitrogens with zero attached hydrogens (tertiary/aromatic N) is 2. The smallest absolute Gasteiger partial charge is 0.274 e. The molecule has 0 radical (unpaired) electrons. The Morgan fingerprint density at radius 3 is 2.78 bits per heavy atom. The number of rotatable bonds is 3. The number of pyridine rings is 1. The lowest BCUT2D eigenvalue weighted by atomic mass is 10.2. The number of anilines is 1. The molecule has 0 fully saturated rings. The number of aryl methyl sites for hydroxylation is 1. The van der Waals surface area contributed by atoms with Crippen LogP contribution in [-0.4, -0.2) is 22.4 Å². The summed E-state index contributed by atoms with van der Waals surface area (Å²) in [6.07, 6.45) is 1.76. The van der Waals surface area contributed by atoms with Gasteiger partial charge >= 0.3 is 0 Å². The molecule has 1 aromatic carbocycles. The van der Waals surface area contributed by atoms with Gasteiger partial charge < -0.3 is 10.1 Å². The van der Waals surface area contributed by atoms with E-state index in [1.54, 1.807) is 55.0 Å². The number of aromatic nitrogens is 2.